The van der Waals surface area contributed by atoms with Crippen molar-refractivity contribution >= 4 is 17.7 Å². The molecule has 13 heavy (non-hydrogen) atoms. The Morgan fingerprint density at radius 2 is 2.00 bits per heavy atom. The second-order valence-electron chi connectivity index (χ2n) is 2.65. The standard InChI is InChI=1S/C11H12ClO/c1-13-9-3-2-4-10-5-7-11(12)8-6-10/h2,4-8H,1,3,9H2. The summed E-state index contributed by atoms with van der Waals surface area (Å²) < 4.78 is 4.68. The highest BCUT2D eigenvalue weighted by Gasteiger charge is 1.86. The van der Waals surface area contributed by atoms with E-state index in [0.717, 1.165) is 17.0 Å². The van der Waals surface area contributed by atoms with Crippen LogP contribution >= 0.6 is 11.6 Å². The lowest BCUT2D eigenvalue weighted by atomic mass is 10.2. The Kier molecular flexibility index (Phi) is 4.58. The van der Waals surface area contributed by atoms with Crippen molar-refractivity contribution in [1.29, 1.82) is 0 Å². The average Bonchev–Trinajstić information content (AvgIpc) is 2.15. The molecule has 0 fully saturated rings. The van der Waals surface area contributed by atoms with Gasteiger partial charge in [0.2, 0.25) is 0 Å². The fraction of sp³-hybridized carbons (Fsp3) is 0.182. The molecule has 0 aromatic heterocycles. The van der Waals surface area contributed by atoms with Gasteiger partial charge in [0.1, 0.15) is 0 Å². The second kappa shape index (κ2) is 5.79. The maximum atomic E-state index is 5.74. The third kappa shape index (κ3) is 4.11. The minimum absolute atomic E-state index is 0.657. The first-order valence-corrected chi connectivity index (χ1v) is 4.50. The van der Waals surface area contributed by atoms with Gasteiger partial charge in [-0.15, -0.1) is 0 Å². The van der Waals surface area contributed by atoms with Crippen LogP contribution in [-0.4, -0.2) is 6.61 Å². The van der Waals surface area contributed by atoms with Crippen LogP contribution in [0.2, 0.25) is 5.02 Å². The maximum absolute atomic E-state index is 5.74. The largest absolute Gasteiger partial charge is 0.379 e. The molecule has 0 saturated carbocycles. The van der Waals surface area contributed by atoms with Gasteiger partial charge in [-0.25, -0.2) is 0 Å². The van der Waals surface area contributed by atoms with E-state index in [-0.39, 0.29) is 0 Å². The summed E-state index contributed by atoms with van der Waals surface area (Å²) in [7, 11) is 3.29. The van der Waals surface area contributed by atoms with Gasteiger partial charge in [0, 0.05) is 5.02 Å². The Balaban J connectivity index is 2.44. The first-order valence-electron chi connectivity index (χ1n) is 4.12. The van der Waals surface area contributed by atoms with Gasteiger partial charge in [0.25, 0.3) is 0 Å². The predicted octanol–water partition coefficient (Wildman–Crippen LogP) is 3.55. The normalized spacial score (nSPS) is 10.9. The van der Waals surface area contributed by atoms with Crippen molar-refractivity contribution in [3.05, 3.63) is 48.0 Å². The van der Waals surface area contributed by atoms with Gasteiger partial charge in [-0.3, -0.25) is 0 Å². The molecule has 69 valence electrons. The summed E-state index contributed by atoms with van der Waals surface area (Å²) in [6, 6.07) is 7.70. The third-order valence-corrected chi connectivity index (χ3v) is 1.86. The van der Waals surface area contributed by atoms with Crippen molar-refractivity contribution in [1.82, 2.24) is 0 Å². The van der Waals surface area contributed by atoms with Gasteiger partial charge in [-0.2, -0.15) is 0 Å². The van der Waals surface area contributed by atoms with Crippen molar-refractivity contribution in [2.45, 2.75) is 6.42 Å². The Morgan fingerprint density at radius 1 is 1.31 bits per heavy atom. The lowest BCUT2D eigenvalue weighted by molar-refractivity contribution is 0.249. The average molecular weight is 196 g/mol. The van der Waals surface area contributed by atoms with Crippen molar-refractivity contribution in [2.75, 3.05) is 6.61 Å². The molecule has 0 amide bonds. The summed E-state index contributed by atoms with van der Waals surface area (Å²) in [5.74, 6) is 0. The molecule has 0 unspecified atom stereocenters. The van der Waals surface area contributed by atoms with Crippen LogP contribution < -0.4 is 0 Å². The minimum atomic E-state index is 0.657. The molecule has 0 aliphatic carbocycles. The van der Waals surface area contributed by atoms with Gasteiger partial charge >= 0.3 is 0 Å². The van der Waals surface area contributed by atoms with E-state index in [1.54, 1.807) is 0 Å². The molecule has 1 aromatic rings. The summed E-state index contributed by atoms with van der Waals surface area (Å²) >= 11 is 5.74. The van der Waals surface area contributed by atoms with E-state index in [2.05, 4.69) is 17.9 Å². The fourth-order valence-corrected chi connectivity index (χ4v) is 1.07. The maximum Gasteiger partial charge on any atom is 0.0700 e. The van der Waals surface area contributed by atoms with E-state index in [1.807, 2.05) is 30.3 Å². The Morgan fingerprint density at radius 3 is 2.62 bits per heavy atom. The van der Waals surface area contributed by atoms with Crippen molar-refractivity contribution < 1.29 is 4.74 Å². The molecule has 0 spiro atoms. The number of benzene rings is 1. The fourth-order valence-electron chi connectivity index (χ4n) is 0.945. The summed E-state index contributed by atoms with van der Waals surface area (Å²) in [6.45, 7) is 0.657. The van der Waals surface area contributed by atoms with Crippen LogP contribution in [0, 0.1) is 7.11 Å². The molecule has 1 nitrogen and oxygen atoms in total. The number of rotatable bonds is 4. The molecule has 1 radical (unpaired) electrons. The number of hydrogen-bond donors (Lipinski definition) is 0. The lowest BCUT2D eigenvalue weighted by Gasteiger charge is -1.93. The molecular formula is C11H12ClO. The monoisotopic (exact) mass is 195 g/mol. The van der Waals surface area contributed by atoms with Gasteiger partial charge in [-0.05, 0) is 24.1 Å². The van der Waals surface area contributed by atoms with E-state index < -0.39 is 0 Å². The number of halogens is 1. The Labute approximate surface area is 84.0 Å². The Hall–Kier alpha value is -0.790. The molecule has 0 heterocycles. The number of ether oxygens (including phenoxy) is 1. The molecule has 0 aliphatic heterocycles. The van der Waals surface area contributed by atoms with Gasteiger partial charge in [0.15, 0.2) is 0 Å². The van der Waals surface area contributed by atoms with E-state index in [0.29, 0.717) is 6.61 Å². The zero-order chi connectivity index (χ0) is 9.52. The van der Waals surface area contributed by atoms with Crippen LogP contribution in [0.25, 0.3) is 6.08 Å². The van der Waals surface area contributed by atoms with Gasteiger partial charge < -0.3 is 4.74 Å². The smallest absolute Gasteiger partial charge is 0.0700 e. The molecule has 1 rings (SSSR count). The molecule has 0 saturated heterocycles. The van der Waals surface area contributed by atoms with Crippen LogP contribution in [0.5, 0.6) is 0 Å². The minimum Gasteiger partial charge on any atom is -0.379 e. The molecule has 0 bridgehead atoms. The van der Waals surface area contributed by atoms with E-state index in [4.69, 9.17) is 11.6 Å². The van der Waals surface area contributed by atoms with E-state index >= 15 is 0 Å². The Bertz CT molecular complexity index is 264. The first-order chi connectivity index (χ1) is 6.33. The zero-order valence-electron chi connectivity index (χ0n) is 7.37. The van der Waals surface area contributed by atoms with E-state index in [1.165, 1.54) is 0 Å². The SMILES string of the molecule is [CH2]OCCC=Cc1ccc(Cl)cc1. The summed E-state index contributed by atoms with van der Waals surface area (Å²) in [4.78, 5) is 0. The topological polar surface area (TPSA) is 9.23 Å². The molecule has 0 N–H and O–H groups in total. The predicted molar refractivity (Wildman–Crippen MR) is 56.4 cm³/mol. The molecule has 0 atom stereocenters. The number of hydrogen-bond acceptors (Lipinski definition) is 1. The highest BCUT2D eigenvalue weighted by atomic mass is 35.5. The third-order valence-electron chi connectivity index (χ3n) is 1.61. The quantitative estimate of drug-likeness (QED) is 0.668. The molecule has 0 aliphatic rings. The van der Waals surface area contributed by atoms with Gasteiger partial charge in [0.05, 0.1) is 13.7 Å². The summed E-state index contributed by atoms with van der Waals surface area (Å²) in [5, 5.41) is 0.762. The van der Waals surface area contributed by atoms with Crippen LogP contribution in [0.15, 0.2) is 30.3 Å². The summed E-state index contributed by atoms with van der Waals surface area (Å²) in [6.07, 6.45) is 4.97. The van der Waals surface area contributed by atoms with E-state index in [9.17, 15) is 0 Å². The van der Waals surface area contributed by atoms with Crippen molar-refractivity contribution in [3.63, 3.8) is 0 Å². The summed E-state index contributed by atoms with van der Waals surface area (Å²) in [5.41, 5.74) is 1.15. The zero-order valence-corrected chi connectivity index (χ0v) is 8.13. The molecule has 2 heteroatoms. The van der Waals surface area contributed by atoms with Crippen molar-refractivity contribution in [3.8, 4) is 0 Å². The highest BCUT2D eigenvalue weighted by Crippen LogP contribution is 2.10. The van der Waals surface area contributed by atoms with Gasteiger partial charge in [-0.1, -0.05) is 35.9 Å². The lowest BCUT2D eigenvalue weighted by Crippen LogP contribution is -1.81. The van der Waals surface area contributed by atoms with Crippen LogP contribution in [0.4, 0.5) is 0 Å². The first kappa shape index (κ1) is 10.3. The highest BCUT2D eigenvalue weighted by molar-refractivity contribution is 6.30. The molecular weight excluding hydrogens is 184 g/mol. The van der Waals surface area contributed by atoms with Crippen LogP contribution in [0.3, 0.4) is 0 Å². The van der Waals surface area contributed by atoms with Crippen LogP contribution in [0.1, 0.15) is 12.0 Å². The van der Waals surface area contributed by atoms with Crippen LogP contribution in [-0.2, 0) is 4.74 Å². The van der Waals surface area contributed by atoms with Crippen molar-refractivity contribution in [2.24, 2.45) is 0 Å². The molecule has 1 aromatic carbocycles. The second-order valence-corrected chi connectivity index (χ2v) is 3.09.